The Kier molecular flexibility index (Phi) is 68.0. The third-order valence-electron chi connectivity index (χ3n) is 14.3. The van der Waals surface area contributed by atoms with Gasteiger partial charge in [0.2, 0.25) is 0 Å². The van der Waals surface area contributed by atoms with Crippen LogP contribution in [0.5, 0.6) is 0 Å². The largest absolute Gasteiger partial charge is 2.00 e. The van der Waals surface area contributed by atoms with Gasteiger partial charge in [-0.1, -0.05) is 111 Å². The van der Waals surface area contributed by atoms with Crippen molar-refractivity contribution in [3.05, 3.63) is 43.6 Å². The minimum atomic E-state index is -1.08. The van der Waals surface area contributed by atoms with Gasteiger partial charge in [-0.05, 0) is 134 Å². The van der Waals surface area contributed by atoms with E-state index in [1.165, 1.54) is 141 Å². The van der Waals surface area contributed by atoms with Crippen molar-refractivity contribution in [1.29, 1.82) is 5.26 Å². The quantitative estimate of drug-likeness (QED) is 0.0413. The fraction of sp³-hybridized carbons (Fsp3) is 0.879. The predicted octanol–water partition coefficient (Wildman–Crippen LogP) is 17.9. The van der Waals surface area contributed by atoms with E-state index in [1.807, 2.05) is 27.7 Å². The van der Waals surface area contributed by atoms with Crippen LogP contribution < -0.4 is 0 Å². The van der Waals surface area contributed by atoms with Gasteiger partial charge in [-0.2, -0.15) is 11.7 Å². The van der Waals surface area contributed by atoms with Gasteiger partial charge in [-0.25, -0.2) is 4.67 Å². The summed E-state index contributed by atoms with van der Waals surface area (Å²) in [5, 5.41) is 8.52. The molecule has 0 amide bonds. The van der Waals surface area contributed by atoms with Crippen molar-refractivity contribution in [2.45, 2.75) is 247 Å². The number of hydrogen-bond donors (Lipinski definition) is 0. The van der Waals surface area contributed by atoms with Gasteiger partial charge in [0, 0.05) is 45.0 Å². The first kappa shape index (κ1) is 84.4. The van der Waals surface area contributed by atoms with Crippen molar-refractivity contribution in [2.75, 3.05) is 59.3 Å². The van der Waals surface area contributed by atoms with Crippen LogP contribution in [-0.2, 0) is 73.7 Å². The molecule has 0 saturated heterocycles. The van der Waals surface area contributed by atoms with Gasteiger partial charge in [0.05, 0.1) is 32.3 Å². The molecule has 6 saturated carbocycles. The van der Waals surface area contributed by atoms with E-state index in [0.717, 1.165) is 75.1 Å². The smallest absolute Gasteiger partial charge is 0.380 e. The standard InChI is InChI=1S/C24H44NO2.C12H24N2O2P.C9H16.C5H10.2C2H6.4CH3.2Fe.W/c1-2-25(15-19-26-17-5-9-22-7-3-4-8-22)16-20-27-18-6-12-24-13-10-23(21-24)11-14-24;1-6-9-15-17(16-10-7-8-13)14(11(2)3)12(4)5;1-2-6-9(5-1)7-3-4-8-9;1-2-4-5-3-1;2*1-2;;;;;;;/h22-23H,1-21H2;11-12H,1,6-7,9-10H2,2-5H3;1-8H2;1-5H2;2*1-2H3;4*1H3;;;/q2*-1;;;;;4*-1;3*+2. The molecular formula is C58H118Fe2N3O4PW. The van der Waals surface area contributed by atoms with E-state index in [1.54, 1.807) is 25.7 Å². The Morgan fingerprint density at radius 2 is 1.06 bits per heavy atom. The molecular weight excluding hydrogens is 1130 g/mol. The molecule has 6 rings (SSSR count). The van der Waals surface area contributed by atoms with Crippen LogP contribution in [0.4, 0.5) is 0 Å². The second kappa shape index (κ2) is 55.6. The number of nitriles is 1. The Labute approximate surface area is 472 Å². The van der Waals surface area contributed by atoms with Gasteiger partial charge in [-0.3, -0.25) is 0 Å². The summed E-state index contributed by atoms with van der Waals surface area (Å²) in [6, 6.07) is 2.78. The summed E-state index contributed by atoms with van der Waals surface area (Å²) in [5.41, 5.74) is 1.61. The zero-order valence-corrected chi connectivity index (χ0v) is 54.0. The number of nitrogens with zero attached hydrogens (tertiary/aromatic N) is 3. The molecule has 0 N–H and O–H groups in total. The predicted molar refractivity (Wildman–Crippen MR) is 295 cm³/mol. The van der Waals surface area contributed by atoms with Gasteiger partial charge >= 0.3 is 55.2 Å². The van der Waals surface area contributed by atoms with Gasteiger partial charge in [0.1, 0.15) is 0 Å². The summed E-state index contributed by atoms with van der Waals surface area (Å²) in [4.78, 5) is 2.36. The van der Waals surface area contributed by atoms with E-state index >= 15 is 0 Å². The van der Waals surface area contributed by atoms with Gasteiger partial charge < -0.3 is 67.0 Å². The number of fused-ring (bicyclic) bond motifs is 2. The van der Waals surface area contributed by atoms with Gasteiger partial charge in [0.15, 0.2) is 0 Å². The topological polar surface area (TPSA) is 67.2 Å². The summed E-state index contributed by atoms with van der Waals surface area (Å²) in [6.07, 6.45) is 39.6. The summed E-state index contributed by atoms with van der Waals surface area (Å²) in [5.74, 6) is 2.06. The first-order valence-electron chi connectivity index (χ1n) is 26.9. The van der Waals surface area contributed by atoms with Gasteiger partial charge in [-0.15, -0.1) is 6.54 Å². The summed E-state index contributed by atoms with van der Waals surface area (Å²) in [7, 11) is -1.08. The van der Waals surface area contributed by atoms with E-state index in [2.05, 4.69) is 57.2 Å². The molecule has 1 atom stereocenters. The second-order valence-corrected chi connectivity index (χ2v) is 21.0. The van der Waals surface area contributed by atoms with Crippen LogP contribution in [-0.4, -0.2) is 80.9 Å². The molecule has 11 heteroatoms. The Bertz CT molecular complexity index is 998. The average Bonchev–Trinajstić information content (AvgIpc) is 4.17. The molecule has 6 aliphatic rings. The molecule has 0 heterocycles. The normalized spacial score (nSPS) is 20.3. The Balaban J connectivity index is -0.000000158. The molecule has 0 radical (unpaired) electrons. The summed E-state index contributed by atoms with van der Waals surface area (Å²) < 4.78 is 25.4. The minimum Gasteiger partial charge on any atom is -0.380 e. The number of ether oxygens (including phenoxy) is 2. The SMILES string of the molecule is C1CCC2(C1)CCCC2.C1CCCC1.CC.CC.[CH2-]CCOP(OCCC#N)N(C(C)C)C(C)C.[CH2-]CN(CCOCCCC1CCCC1)CCOCCCC12CCC(CC1)C2.[CH3-].[CH3-].[CH3-].[CH3-].[Fe+2].[Fe+2].[W+2]. The van der Waals surface area contributed by atoms with Crippen LogP contribution in [0, 0.1) is 77.6 Å². The molecule has 1 unspecified atom stereocenters. The maximum Gasteiger partial charge on any atom is 2.00 e. The van der Waals surface area contributed by atoms with Crippen LogP contribution in [0.25, 0.3) is 0 Å². The van der Waals surface area contributed by atoms with Crippen LogP contribution in [0.3, 0.4) is 0 Å². The second-order valence-electron chi connectivity index (χ2n) is 19.5. The van der Waals surface area contributed by atoms with Crippen molar-refractivity contribution in [1.82, 2.24) is 9.57 Å². The average molecular weight is 1250 g/mol. The van der Waals surface area contributed by atoms with Crippen molar-refractivity contribution in [2.24, 2.45) is 22.7 Å². The first-order chi connectivity index (χ1) is 30.2. The maximum atomic E-state index is 8.52. The molecule has 69 heavy (non-hydrogen) atoms. The van der Waals surface area contributed by atoms with Crippen molar-refractivity contribution < 1.29 is 73.7 Å². The zero-order chi connectivity index (χ0) is 45.7. The molecule has 0 aliphatic heterocycles. The van der Waals surface area contributed by atoms with Crippen LogP contribution in [0.1, 0.15) is 235 Å². The molecule has 2 bridgehead atoms. The van der Waals surface area contributed by atoms with E-state index in [0.29, 0.717) is 31.7 Å². The fourth-order valence-electron chi connectivity index (χ4n) is 11.0. The molecule has 0 aromatic heterocycles. The van der Waals surface area contributed by atoms with Crippen LogP contribution in [0.15, 0.2) is 0 Å². The number of rotatable bonds is 24. The Hall–Kier alpha value is 1.41. The monoisotopic (exact) mass is 1250 g/mol. The molecule has 0 aromatic carbocycles. The van der Waals surface area contributed by atoms with E-state index in [4.69, 9.17) is 23.8 Å². The molecule has 0 aromatic rings. The van der Waals surface area contributed by atoms with Crippen molar-refractivity contribution in [3.63, 3.8) is 0 Å². The molecule has 7 nitrogen and oxygen atoms in total. The van der Waals surface area contributed by atoms with Crippen molar-refractivity contribution >= 4 is 8.53 Å². The maximum absolute atomic E-state index is 8.52. The van der Waals surface area contributed by atoms with E-state index < -0.39 is 8.53 Å². The third kappa shape index (κ3) is 38.6. The third-order valence-corrected chi connectivity index (χ3v) is 16.4. The van der Waals surface area contributed by atoms with Crippen molar-refractivity contribution in [3.8, 4) is 6.07 Å². The molecule has 416 valence electrons. The zero-order valence-electron chi connectivity index (χ0n) is 47.9. The van der Waals surface area contributed by atoms with Crippen LogP contribution >= 0.6 is 8.53 Å². The van der Waals surface area contributed by atoms with Crippen LogP contribution in [0.2, 0.25) is 0 Å². The molecule has 6 aliphatic carbocycles. The Morgan fingerprint density at radius 3 is 1.45 bits per heavy atom. The minimum absolute atomic E-state index is 0. The van der Waals surface area contributed by atoms with E-state index in [-0.39, 0.29) is 84.9 Å². The summed E-state index contributed by atoms with van der Waals surface area (Å²) >= 11 is 0. The number of hydrogen-bond acceptors (Lipinski definition) is 7. The van der Waals surface area contributed by atoms with E-state index in [9.17, 15) is 0 Å². The molecule has 1 spiro atoms. The Morgan fingerprint density at radius 1 is 0.609 bits per heavy atom. The molecule has 6 fully saturated rings. The fourth-order valence-corrected chi connectivity index (χ4v) is 12.6. The summed E-state index contributed by atoms with van der Waals surface area (Å²) in [6.45, 7) is 31.7. The first-order valence-corrected chi connectivity index (χ1v) is 28.1. The van der Waals surface area contributed by atoms with Gasteiger partial charge in [0.25, 0.3) is 8.53 Å².